The van der Waals surface area contributed by atoms with E-state index in [-0.39, 0.29) is 5.91 Å². The number of amides is 1. The summed E-state index contributed by atoms with van der Waals surface area (Å²) >= 11 is 0. The van der Waals surface area contributed by atoms with Crippen molar-refractivity contribution in [3.05, 3.63) is 53.9 Å². The maximum Gasteiger partial charge on any atom is 0.244 e. The number of aromatic amines is 1. The van der Waals surface area contributed by atoms with Crippen LogP contribution in [0, 0.1) is 0 Å². The lowest BCUT2D eigenvalue weighted by atomic mass is 10.1. The summed E-state index contributed by atoms with van der Waals surface area (Å²) in [5.74, 6) is 2.14. The molecule has 0 fully saturated rings. The number of ether oxygens (including phenoxy) is 3. The van der Waals surface area contributed by atoms with Gasteiger partial charge in [0.1, 0.15) is 11.6 Å². The zero-order valence-electron chi connectivity index (χ0n) is 15.4. The van der Waals surface area contributed by atoms with Gasteiger partial charge in [0.25, 0.3) is 0 Å². The smallest absolute Gasteiger partial charge is 0.244 e. The predicted octanol–water partition coefficient (Wildman–Crippen LogP) is 2.92. The Bertz CT molecular complexity index is 946. The first-order chi connectivity index (χ1) is 13.1. The molecule has 0 bridgehead atoms. The van der Waals surface area contributed by atoms with Crippen molar-refractivity contribution in [1.82, 2.24) is 15.3 Å². The first-order valence-corrected chi connectivity index (χ1v) is 8.34. The fourth-order valence-corrected chi connectivity index (χ4v) is 2.67. The van der Waals surface area contributed by atoms with Gasteiger partial charge >= 0.3 is 0 Å². The van der Waals surface area contributed by atoms with Crippen molar-refractivity contribution < 1.29 is 19.0 Å². The molecule has 3 aromatic rings. The molecule has 0 spiro atoms. The summed E-state index contributed by atoms with van der Waals surface area (Å²) in [6.45, 7) is 0.306. The SMILES string of the molecule is COc1cc(OC)c(OC)cc1/C=C/C(=O)NCc1nc2ccccc2[nH]1. The molecule has 0 saturated carbocycles. The zero-order chi connectivity index (χ0) is 19.2. The van der Waals surface area contributed by atoms with E-state index in [9.17, 15) is 4.79 Å². The number of rotatable bonds is 7. The molecule has 1 amide bonds. The Morgan fingerprint density at radius 2 is 1.78 bits per heavy atom. The highest BCUT2D eigenvalue weighted by molar-refractivity contribution is 5.92. The van der Waals surface area contributed by atoms with E-state index in [1.807, 2.05) is 24.3 Å². The number of benzene rings is 2. The lowest BCUT2D eigenvalue weighted by molar-refractivity contribution is -0.116. The highest BCUT2D eigenvalue weighted by Crippen LogP contribution is 2.35. The van der Waals surface area contributed by atoms with Crippen LogP contribution in [0.25, 0.3) is 17.1 Å². The molecule has 27 heavy (non-hydrogen) atoms. The molecule has 2 aromatic carbocycles. The molecule has 3 rings (SSSR count). The average Bonchev–Trinajstić information content (AvgIpc) is 3.12. The molecule has 0 saturated heterocycles. The minimum absolute atomic E-state index is 0.243. The van der Waals surface area contributed by atoms with Crippen molar-refractivity contribution in [3.8, 4) is 17.2 Å². The molecule has 0 aliphatic rings. The topological polar surface area (TPSA) is 85.5 Å². The quantitative estimate of drug-likeness (QED) is 0.627. The third-order valence-electron chi connectivity index (χ3n) is 4.02. The molecule has 0 unspecified atom stereocenters. The summed E-state index contributed by atoms with van der Waals surface area (Å²) in [7, 11) is 4.66. The van der Waals surface area contributed by atoms with Crippen LogP contribution < -0.4 is 19.5 Å². The predicted molar refractivity (Wildman–Crippen MR) is 103 cm³/mol. The number of imidazole rings is 1. The molecule has 7 heteroatoms. The summed E-state index contributed by atoms with van der Waals surface area (Å²) in [6, 6.07) is 11.2. The summed E-state index contributed by atoms with van der Waals surface area (Å²) in [4.78, 5) is 19.7. The van der Waals surface area contributed by atoms with Crippen LogP contribution in [-0.2, 0) is 11.3 Å². The van der Waals surface area contributed by atoms with Crippen LogP contribution in [0.3, 0.4) is 0 Å². The van der Waals surface area contributed by atoms with Gasteiger partial charge in [0.15, 0.2) is 11.5 Å². The first-order valence-electron chi connectivity index (χ1n) is 8.34. The number of fused-ring (bicyclic) bond motifs is 1. The Hall–Kier alpha value is -3.48. The number of carbonyl (C=O) groups excluding carboxylic acids is 1. The Morgan fingerprint density at radius 3 is 2.48 bits per heavy atom. The zero-order valence-corrected chi connectivity index (χ0v) is 15.4. The van der Waals surface area contributed by atoms with E-state index in [0.717, 1.165) is 11.0 Å². The Morgan fingerprint density at radius 1 is 1.07 bits per heavy atom. The lowest BCUT2D eigenvalue weighted by Gasteiger charge is -2.12. The molecule has 0 radical (unpaired) electrons. The van der Waals surface area contributed by atoms with Crippen molar-refractivity contribution in [3.63, 3.8) is 0 Å². The van der Waals surface area contributed by atoms with E-state index in [1.165, 1.54) is 6.08 Å². The van der Waals surface area contributed by atoms with Gasteiger partial charge in [0.05, 0.1) is 38.9 Å². The molecule has 1 heterocycles. The number of carbonyl (C=O) groups is 1. The van der Waals surface area contributed by atoms with Crippen LogP contribution in [-0.4, -0.2) is 37.2 Å². The summed E-state index contributed by atoms with van der Waals surface area (Å²) in [5.41, 5.74) is 2.51. The molecule has 1 aromatic heterocycles. The highest BCUT2D eigenvalue weighted by Gasteiger charge is 2.10. The molecule has 2 N–H and O–H groups in total. The number of H-pyrrole nitrogens is 1. The van der Waals surface area contributed by atoms with Crippen LogP contribution in [0.4, 0.5) is 0 Å². The molecule has 0 aliphatic carbocycles. The van der Waals surface area contributed by atoms with Gasteiger partial charge < -0.3 is 24.5 Å². The van der Waals surface area contributed by atoms with E-state index in [2.05, 4.69) is 15.3 Å². The lowest BCUT2D eigenvalue weighted by Crippen LogP contribution is -2.20. The van der Waals surface area contributed by atoms with Crippen LogP contribution in [0.15, 0.2) is 42.5 Å². The molecule has 140 valence electrons. The number of nitrogens with zero attached hydrogens (tertiary/aromatic N) is 1. The third kappa shape index (κ3) is 4.20. The Balaban J connectivity index is 1.68. The fraction of sp³-hybridized carbons (Fsp3) is 0.200. The monoisotopic (exact) mass is 367 g/mol. The van der Waals surface area contributed by atoms with Crippen LogP contribution in [0.1, 0.15) is 11.4 Å². The second kappa shape index (κ2) is 8.27. The Labute approximate surface area is 157 Å². The van der Waals surface area contributed by atoms with Crippen LogP contribution in [0.2, 0.25) is 0 Å². The number of hydrogen-bond acceptors (Lipinski definition) is 5. The van der Waals surface area contributed by atoms with Crippen molar-refractivity contribution in [2.45, 2.75) is 6.54 Å². The standard InChI is InChI=1S/C20H21N3O4/c1-25-16-11-18(27-3)17(26-2)10-13(16)8-9-20(24)21-12-19-22-14-6-4-5-7-15(14)23-19/h4-11H,12H2,1-3H3,(H,21,24)(H,22,23)/b9-8+. The normalized spacial score (nSPS) is 10.9. The molecule has 0 aliphatic heterocycles. The molecular formula is C20H21N3O4. The van der Waals surface area contributed by atoms with Crippen molar-refractivity contribution >= 4 is 23.0 Å². The first kappa shape index (κ1) is 18.3. The number of para-hydroxylation sites is 2. The minimum Gasteiger partial charge on any atom is -0.496 e. The second-order valence-corrected chi connectivity index (χ2v) is 5.70. The van der Waals surface area contributed by atoms with E-state index in [4.69, 9.17) is 14.2 Å². The number of hydrogen-bond donors (Lipinski definition) is 2. The highest BCUT2D eigenvalue weighted by atomic mass is 16.5. The number of nitrogens with one attached hydrogen (secondary N) is 2. The molecule has 7 nitrogen and oxygen atoms in total. The summed E-state index contributed by atoms with van der Waals surface area (Å²) < 4.78 is 15.9. The maximum absolute atomic E-state index is 12.1. The van der Waals surface area contributed by atoms with Crippen LogP contribution in [0.5, 0.6) is 17.2 Å². The molecule has 0 atom stereocenters. The second-order valence-electron chi connectivity index (χ2n) is 5.70. The summed E-state index contributed by atoms with van der Waals surface area (Å²) in [6.07, 6.45) is 3.10. The maximum atomic E-state index is 12.1. The van der Waals surface area contributed by atoms with Gasteiger partial charge in [-0.3, -0.25) is 4.79 Å². The van der Waals surface area contributed by atoms with E-state index < -0.39 is 0 Å². The van der Waals surface area contributed by atoms with Gasteiger partial charge in [0, 0.05) is 17.7 Å². The van der Waals surface area contributed by atoms with Crippen molar-refractivity contribution in [2.75, 3.05) is 21.3 Å². The van der Waals surface area contributed by atoms with Gasteiger partial charge in [-0.15, -0.1) is 0 Å². The van der Waals surface area contributed by atoms with E-state index in [1.54, 1.807) is 39.5 Å². The van der Waals surface area contributed by atoms with E-state index >= 15 is 0 Å². The molecular weight excluding hydrogens is 346 g/mol. The number of methoxy groups -OCH3 is 3. The largest absolute Gasteiger partial charge is 0.496 e. The van der Waals surface area contributed by atoms with Gasteiger partial charge in [-0.25, -0.2) is 4.98 Å². The average molecular weight is 367 g/mol. The Kier molecular flexibility index (Phi) is 5.61. The number of aromatic nitrogens is 2. The fourth-order valence-electron chi connectivity index (χ4n) is 2.67. The van der Waals surface area contributed by atoms with Crippen LogP contribution >= 0.6 is 0 Å². The minimum atomic E-state index is -0.243. The third-order valence-corrected chi connectivity index (χ3v) is 4.02. The van der Waals surface area contributed by atoms with Crippen molar-refractivity contribution in [2.24, 2.45) is 0 Å². The van der Waals surface area contributed by atoms with E-state index in [0.29, 0.717) is 35.2 Å². The van der Waals surface area contributed by atoms with Gasteiger partial charge in [-0.05, 0) is 24.3 Å². The summed E-state index contributed by atoms with van der Waals surface area (Å²) in [5, 5.41) is 2.80. The van der Waals surface area contributed by atoms with Gasteiger partial charge in [-0.2, -0.15) is 0 Å². The van der Waals surface area contributed by atoms with Crippen molar-refractivity contribution in [1.29, 1.82) is 0 Å². The van der Waals surface area contributed by atoms with Gasteiger partial charge in [0.2, 0.25) is 5.91 Å². The van der Waals surface area contributed by atoms with Gasteiger partial charge in [-0.1, -0.05) is 12.1 Å².